The van der Waals surface area contributed by atoms with E-state index in [0.717, 1.165) is 25.2 Å². The summed E-state index contributed by atoms with van der Waals surface area (Å²) in [5, 5.41) is 3.26. The number of nitrogens with zero attached hydrogens (tertiary/aromatic N) is 1. The molecule has 1 atom stereocenters. The Morgan fingerprint density at radius 2 is 2.35 bits per heavy atom. The summed E-state index contributed by atoms with van der Waals surface area (Å²) in [5.41, 5.74) is 0.819. The van der Waals surface area contributed by atoms with Crippen LogP contribution in [0.1, 0.15) is 18.9 Å². The normalized spacial score (nSPS) is 18.9. The summed E-state index contributed by atoms with van der Waals surface area (Å²) in [5.74, 6) is -0.0148. The van der Waals surface area contributed by atoms with Crippen LogP contribution in [0.4, 0.5) is 4.39 Å². The topological polar surface area (TPSA) is 41.6 Å². The molecule has 1 amide bonds. The molecule has 4 nitrogen and oxygen atoms in total. The number of halogens is 1. The Labute approximate surface area is 118 Å². The van der Waals surface area contributed by atoms with Crippen molar-refractivity contribution in [3.63, 3.8) is 0 Å². The number of ether oxygens (including phenoxy) is 1. The monoisotopic (exact) mass is 280 g/mol. The number of piperazine rings is 1. The van der Waals surface area contributed by atoms with Crippen molar-refractivity contribution in [2.24, 2.45) is 0 Å². The molecule has 5 heteroatoms. The lowest BCUT2D eigenvalue weighted by Crippen LogP contribution is -2.52. The molecule has 2 rings (SSSR count). The molecule has 0 radical (unpaired) electrons. The molecule has 1 aliphatic rings. The van der Waals surface area contributed by atoms with Crippen molar-refractivity contribution >= 4 is 5.91 Å². The second-order valence-corrected chi connectivity index (χ2v) is 5.11. The van der Waals surface area contributed by atoms with Crippen LogP contribution in [0.25, 0.3) is 0 Å². The summed E-state index contributed by atoms with van der Waals surface area (Å²) < 4.78 is 18.4. The zero-order valence-electron chi connectivity index (χ0n) is 12.0. The summed E-state index contributed by atoms with van der Waals surface area (Å²) in [6.45, 7) is 4.46. The number of rotatable bonds is 4. The largest absolute Gasteiger partial charge is 0.494 e. The van der Waals surface area contributed by atoms with E-state index < -0.39 is 0 Å². The first-order valence-corrected chi connectivity index (χ1v) is 6.94. The van der Waals surface area contributed by atoms with Crippen molar-refractivity contribution in [3.05, 3.63) is 29.6 Å². The van der Waals surface area contributed by atoms with Crippen LogP contribution < -0.4 is 10.1 Å². The molecule has 1 aliphatic heterocycles. The van der Waals surface area contributed by atoms with Gasteiger partial charge in [-0.3, -0.25) is 4.79 Å². The molecule has 1 fully saturated rings. The van der Waals surface area contributed by atoms with Gasteiger partial charge in [-0.05, 0) is 31.0 Å². The van der Waals surface area contributed by atoms with Gasteiger partial charge in [0.15, 0.2) is 11.6 Å². The molecule has 0 spiro atoms. The number of hydrogen-bond acceptors (Lipinski definition) is 3. The molecule has 0 bridgehead atoms. The van der Waals surface area contributed by atoms with Crippen molar-refractivity contribution in [1.29, 1.82) is 0 Å². The van der Waals surface area contributed by atoms with E-state index >= 15 is 0 Å². The van der Waals surface area contributed by atoms with E-state index in [2.05, 4.69) is 5.32 Å². The predicted octanol–water partition coefficient (Wildman–Crippen LogP) is 1.59. The molecular weight excluding hydrogens is 259 g/mol. The Hall–Kier alpha value is -1.62. The summed E-state index contributed by atoms with van der Waals surface area (Å²) in [4.78, 5) is 14.1. The first-order chi connectivity index (χ1) is 9.61. The Balaban J connectivity index is 1.91. The molecule has 1 saturated heterocycles. The van der Waals surface area contributed by atoms with Crippen LogP contribution in [-0.4, -0.2) is 43.6 Å². The van der Waals surface area contributed by atoms with Crippen LogP contribution in [0.2, 0.25) is 0 Å². The number of nitrogens with one attached hydrogen (secondary N) is 1. The first-order valence-electron chi connectivity index (χ1n) is 6.94. The third-order valence-electron chi connectivity index (χ3n) is 3.67. The lowest BCUT2D eigenvalue weighted by molar-refractivity contribution is -0.133. The van der Waals surface area contributed by atoms with E-state index in [1.165, 1.54) is 13.2 Å². The first kappa shape index (κ1) is 14.8. The van der Waals surface area contributed by atoms with E-state index in [0.29, 0.717) is 12.8 Å². The number of carbonyl (C=O) groups is 1. The van der Waals surface area contributed by atoms with Crippen LogP contribution in [-0.2, 0) is 11.2 Å². The fourth-order valence-electron chi connectivity index (χ4n) is 2.47. The summed E-state index contributed by atoms with van der Waals surface area (Å²) in [6.07, 6.45) is 0.965. The van der Waals surface area contributed by atoms with E-state index in [4.69, 9.17) is 4.74 Å². The summed E-state index contributed by atoms with van der Waals surface area (Å²) >= 11 is 0. The highest BCUT2D eigenvalue weighted by Crippen LogP contribution is 2.19. The smallest absolute Gasteiger partial charge is 0.223 e. The van der Waals surface area contributed by atoms with Gasteiger partial charge in [0.2, 0.25) is 5.91 Å². The van der Waals surface area contributed by atoms with Gasteiger partial charge in [-0.15, -0.1) is 0 Å². The number of carbonyl (C=O) groups excluding carboxylic acids is 1. The Morgan fingerprint density at radius 1 is 1.55 bits per heavy atom. The highest BCUT2D eigenvalue weighted by molar-refractivity contribution is 5.77. The standard InChI is InChI=1S/C15H21FN2O2/c1-11-10-17-7-8-18(11)15(19)6-4-12-3-5-14(20-2)13(16)9-12/h3,5,9,11,17H,4,6-8,10H2,1-2H3/t11-/m1/s1. The third kappa shape index (κ3) is 3.48. The van der Waals surface area contributed by atoms with Gasteiger partial charge in [-0.2, -0.15) is 0 Å². The van der Waals surface area contributed by atoms with Gasteiger partial charge in [0.1, 0.15) is 0 Å². The highest BCUT2D eigenvalue weighted by Gasteiger charge is 2.22. The average Bonchev–Trinajstić information content (AvgIpc) is 2.45. The van der Waals surface area contributed by atoms with Gasteiger partial charge < -0.3 is 15.0 Å². The van der Waals surface area contributed by atoms with Gasteiger partial charge in [0, 0.05) is 32.1 Å². The fourth-order valence-corrected chi connectivity index (χ4v) is 2.47. The van der Waals surface area contributed by atoms with Crippen LogP contribution in [0.3, 0.4) is 0 Å². The minimum Gasteiger partial charge on any atom is -0.494 e. The second kappa shape index (κ2) is 6.70. The molecule has 0 unspecified atom stereocenters. The maximum absolute atomic E-state index is 13.6. The number of amides is 1. The second-order valence-electron chi connectivity index (χ2n) is 5.11. The maximum Gasteiger partial charge on any atom is 0.223 e. The van der Waals surface area contributed by atoms with Gasteiger partial charge >= 0.3 is 0 Å². The molecule has 20 heavy (non-hydrogen) atoms. The Kier molecular flexibility index (Phi) is 4.95. The summed E-state index contributed by atoms with van der Waals surface area (Å²) in [7, 11) is 1.44. The van der Waals surface area contributed by atoms with Crippen LogP contribution in [0.5, 0.6) is 5.75 Å². The lowest BCUT2D eigenvalue weighted by atomic mass is 10.1. The number of aryl methyl sites for hydroxylation is 1. The SMILES string of the molecule is COc1ccc(CCC(=O)N2CCNC[C@H]2C)cc1F. The number of benzene rings is 1. The average molecular weight is 280 g/mol. The Morgan fingerprint density at radius 3 is 3.00 bits per heavy atom. The van der Waals surface area contributed by atoms with Gasteiger partial charge in [-0.1, -0.05) is 6.07 Å². The zero-order valence-corrected chi connectivity index (χ0v) is 12.0. The van der Waals surface area contributed by atoms with Crippen LogP contribution >= 0.6 is 0 Å². The van der Waals surface area contributed by atoms with E-state index in [-0.39, 0.29) is 23.5 Å². The van der Waals surface area contributed by atoms with Crippen molar-refractivity contribution in [2.45, 2.75) is 25.8 Å². The molecule has 1 N–H and O–H groups in total. The van der Waals surface area contributed by atoms with Crippen molar-refractivity contribution in [3.8, 4) is 5.75 Å². The zero-order chi connectivity index (χ0) is 14.5. The van der Waals surface area contributed by atoms with Gasteiger partial charge in [-0.25, -0.2) is 4.39 Å². The Bertz CT molecular complexity index is 479. The summed E-state index contributed by atoms with van der Waals surface area (Å²) in [6, 6.07) is 5.07. The number of hydrogen-bond donors (Lipinski definition) is 1. The van der Waals surface area contributed by atoms with Crippen molar-refractivity contribution in [1.82, 2.24) is 10.2 Å². The van der Waals surface area contributed by atoms with Crippen LogP contribution in [0.15, 0.2) is 18.2 Å². The van der Waals surface area contributed by atoms with E-state index in [1.807, 2.05) is 11.8 Å². The fraction of sp³-hybridized carbons (Fsp3) is 0.533. The molecule has 0 aromatic heterocycles. The maximum atomic E-state index is 13.6. The lowest BCUT2D eigenvalue weighted by Gasteiger charge is -2.34. The molecule has 1 aromatic rings. The minimum absolute atomic E-state index is 0.134. The molecule has 0 saturated carbocycles. The highest BCUT2D eigenvalue weighted by atomic mass is 19.1. The van der Waals surface area contributed by atoms with Crippen LogP contribution in [0, 0.1) is 5.82 Å². The number of methoxy groups -OCH3 is 1. The quantitative estimate of drug-likeness (QED) is 0.910. The van der Waals surface area contributed by atoms with Gasteiger partial charge in [0.05, 0.1) is 7.11 Å². The minimum atomic E-state index is -0.381. The molecule has 1 aromatic carbocycles. The third-order valence-corrected chi connectivity index (χ3v) is 3.67. The molecule has 110 valence electrons. The van der Waals surface area contributed by atoms with E-state index in [9.17, 15) is 9.18 Å². The molecule has 0 aliphatic carbocycles. The van der Waals surface area contributed by atoms with Crippen molar-refractivity contribution in [2.75, 3.05) is 26.7 Å². The van der Waals surface area contributed by atoms with Gasteiger partial charge in [0.25, 0.3) is 0 Å². The van der Waals surface area contributed by atoms with E-state index in [1.54, 1.807) is 12.1 Å². The molecule has 1 heterocycles. The predicted molar refractivity (Wildman–Crippen MR) is 75.3 cm³/mol. The van der Waals surface area contributed by atoms with Crippen molar-refractivity contribution < 1.29 is 13.9 Å². The molecular formula is C15H21FN2O2.